The van der Waals surface area contributed by atoms with Gasteiger partial charge in [-0.3, -0.25) is 4.79 Å². The van der Waals surface area contributed by atoms with Crippen molar-refractivity contribution in [1.29, 1.82) is 0 Å². The molecule has 30 heavy (non-hydrogen) atoms. The van der Waals surface area contributed by atoms with Gasteiger partial charge in [0, 0.05) is 13.1 Å². The molecule has 1 amide bonds. The van der Waals surface area contributed by atoms with E-state index in [-0.39, 0.29) is 16.3 Å². The van der Waals surface area contributed by atoms with Gasteiger partial charge in [0.2, 0.25) is 10.0 Å². The molecule has 10 heteroatoms. The molecule has 1 aliphatic rings. The summed E-state index contributed by atoms with van der Waals surface area (Å²) >= 11 is 0. The monoisotopic (exact) mass is 442 g/mol. The van der Waals surface area contributed by atoms with Gasteiger partial charge in [-0.2, -0.15) is 17.5 Å². The smallest absolute Gasteiger partial charge is 0.417 e. The standard InChI is InChI=1S/C20H21F3N2O4S/c1-29-18-10-9-14(30(27,28)25-11-5-2-6-12-25)13-17(18)24-19(26)15-7-3-4-8-16(15)20(21,22)23/h3-4,7-10,13H,2,5-6,11-12H2,1H3,(H,24,26). The first kappa shape index (κ1) is 22.1. The lowest BCUT2D eigenvalue weighted by molar-refractivity contribution is -0.137. The molecule has 1 heterocycles. The van der Waals surface area contributed by atoms with Crippen LogP contribution in [0.15, 0.2) is 47.4 Å². The van der Waals surface area contributed by atoms with Crippen molar-refractivity contribution >= 4 is 21.6 Å². The third-order valence-electron chi connectivity index (χ3n) is 4.85. The number of halogens is 3. The first-order valence-corrected chi connectivity index (χ1v) is 10.7. The highest BCUT2D eigenvalue weighted by atomic mass is 32.2. The van der Waals surface area contributed by atoms with Crippen molar-refractivity contribution in [1.82, 2.24) is 4.31 Å². The van der Waals surface area contributed by atoms with Gasteiger partial charge in [-0.15, -0.1) is 0 Å². The van der Waals surface area contributed by atoms with Gasteiger partial charge < -0.3 is 10.1 Å². The van der Waals surface area contributed by atoms with Gasteiger partial charge in [0.15, 0.2) is 0 Å². The molecular formula is C20H21F3N2O4S. The fourth-order valence-electron chi connectivity index (χ4n) is 3.32. The number of carbonyl (C=O) groups is 1. The number of hydrogen-bond donors (Lipinski definition) is 1. The minimum absolute atomic E-state index is 0.0300. The molecule has 0 bridgehead atoms. The Hall–Kier alpha value is -2.59. The number of carbonyl (C=O) groups excluding carboxylic acids is 1. The van der Waals surface area contributed by atoms with Gasteiger partial charge in [0.05, 0.1) is 28.8 Å². The van der Waals surface area contributed by atoms with Gasteiger partial charge in [-0.1, -0.05) is 18.6 Å². The van der Waals surface area contributed by atoms with Crippen LogP contribution in [-0.2, 0) is 16.2 Å². The third kappa shape index (κ3) is 4.59. The number of benzene rings is 2. The predicted octanol–water partition coefficient (Wildman–Crippen LogP) is 4.14. The Bertz CT molecular complexity index is 1030. The molecule has 0 saturated carbocycles. The Balaban J connectivity index is 1.95. The van der Waals surface area contributed by atoms with Crippen molar-refractivity contribution in [2.45, 2.75) is 30.3 Å². The maximum absolute atomic E-state index is 13.2. The summed E-state index contributed by atoms with van der Waals surface area (Å²) < 4.78 is 72.0. The summed E-state index contributed by atoms with van der Waals surface area (Å²) in [5.74, 6) is -0.890. The number of anilines is 1. The zero-order valence-corrected chi connectivity index (χ0v) is 17.0. The summed E-state index contributed by atoms with van der Waals surface area (Å²) in [7, 11) is -2.48. The second kappa shape index (κ2) is 8.65. The number of sulfonamides is 1. The van der Waals surface area contributed by atoms with E-state index >= 15 is 0 Å². The number of ether oxygens (including phenoxy) is 1. The number of piperidine rings is 1. The summed E-state index contributed by atoms with van der Waals surface area (Å²) in [5, 5.41) is 2.36. The Morgan fingerprint density at radius 3 is 2.37 bits per heavy atom. The minimum atomic E-state index is -4.71. The molecule has 2 aromatic rings. The van der Waals surface area contributed by atoms with E-state index < -0.39 is 33.2 Å². The molecular weight excluding hydrogens is 421 g/mol. The van der Waals surface area contributed by atoms with E-state index in [1.807, 2.05) is 0 Å². The summed E-state index contributed by atoms with van der Waals surface area (Å²) in [5.41, 5.74) is -1.69. The molecule has 1 aliphatic heterocycles. The molecule has 0 atom stereocenters. The quantitative estimate of drug-likeness (QED) is 0.755. The Morgan fingerprint density at radius 2 is 1.73 bits per heavy atom. The first-order chi connectivity index (χ1) is 14.1. The molecule has 162 valence electrons. The lowest BCUT2D eigenvalue weighted by Crippen LogP contribution is -2.35. The van der Waals surface area contributed by atoms with Crippen molar-refractivity contribution in [3.05, 3.63) is 53.6 Å². The van der Waals surface area contributed by atoms with Crippen LogP contribution >= 0.6 is 0 Å². The minimum Gasteiger partial charge on any atom is -0.495 e. The predicted molar refractivity (Wildman–Crippen MR) is 105 cm³/mol. The van der Waals surface area contributed by atoms with Crippen molar-refractivity contribution in [3.8, 4) is 5.75 Å². The number of hydrogen-bond acceptors (Lipinski definition) is 4. The van der Waals surface area contributed by atoms with E-state index in [9.17, 15) is 26.4 Å². The van der Waals surface area contributed by atoms with Gasteiger partial charge in [0.1, 0.15) is 5.75 Å². The number of amides is 1. The van der Waals surface area contributed by atoms with Crippen LogP contribution in [-0.4, -0.2) is 38.8 Å². The SMILES string of the molecule is COc1ccc(S(=O)(=O)N2CCCCC2)cc1NC(=O)c1ccccc1C(F)(F)F. The number of methoxy groups -OCH3 is 1. The van der Waals surface area contributed by atoms with Crippen molar-refractivity contribution in [2.24, 2.45) is 0 Å². The van der Waals surface area contributed by atoms with Crippen molar-refractivity contribution < 1.29 is 31.1 Å². The highest BCUT2D eigenvalue weighted by Gasteiger charge is 2.35. The molecule has 0 aliphatic carbocycles. The summed E-state index contributed by atoms with van der Waals surface area (Å²) in [6.45, 7) is 0.796. The number of nitrogens with one attached hydrogen (secondary N) is 1. The Kier molecular flexibility index (Phi) is 6.37. The number of nitrogens with zero attached hydrogens (tertiary/aromatic N) is 1. The zero-order valence-electron chi connectivity index (χ0n) is 16.2. The Morgan fingerprint density at radius 1 is 1.07 bits per heavy atom. The molecule has 0 unspecified atom stereocenters. The highest BCUT2D eigenvalue weighted by molar-refractivity contribution is 7.89. The molecule has 0 aromatic heterocycles. The zero-order chi connectivity index (χ0) is 21.9. The fourth-order valence-corrected chi connectivity index (χ4v) is 4.86. The van der Waals surface area contributed by atoms with Gasteiger partial charge in [0.25, 0.3) is 5.91 Å². The lowest BCUT2D eigenvalue weighted by Gasteiger charge is -2.26. The van der Waals surface area contributed by atoms with E-state index in [4.69, 9.17) is 4.74 Å². The summed E-state index contributed by atoms with van der Waals surface area (Å²) in [6.07, 6.45) is -2.24. The maximum atomic E-state index is 13.2. The van der Waals surface area contributed by atoms with E-state index in [2.05, 4.69) is 5.32 Å². The van der Waals surface area contributed by atoms with Gasteiger partial charge >= 0.3 is 6.18 Å². The second-order valence-electron chi connectivity index (χ2n) is 6.82. The molecule has 6 nitrogen and oxygen atoms in total. The van der Waals surface area contributed by atoms with E-state index in [1.165, 1.54) is 41.7 Å². The van der Waals surface area contributed by atoms with E-state index in [0.29, 0.717) is 13.1 Å². The summed E-state index contributed by atoms with van der Waals surface area (Å²) in [4.78, 5) is 12.5. The highest BCUT2D eigenvalue weighted by Crippen LogP contribution is 2.34. The molecule has 2 aromatic carbocycles. The van der Waals surface area contributed by atoms with Crippen LogP contribution in [0.2, 0.25) is 0 Å². The van der Waals surface area contributed by atoms with Gasteiger partial charge in [-0.25, -0.2) is 8.42 Å². The average molecular weight is 442 g/mol. The van der Waals surface area contributed by atoms with E-state index in [1.54, 1.807) is 0 Å². The third-order valence-corrected chi connectivity index (χ3v) is 6.74. The maximum Gasteiger partial charge on any atom is 0.417 e. The van der Waals surface area contributed by atoms with E-state index in [0.717, 1.165) is 31.4 Å². The lowest BCUT2D eigenvalue weighted by atomic mass is 10.1. The van der Waals surface area contributed by atoms with Crippen LogP contribution in [0.5, 0.6) is 5.75 Å². The van der Waals surface area contributed by atoms with Gasteiger partial charge in [-0.05, 0) is 43.2 Å². The normalized spacial score (nSPS) is 15.6. The molecule has 1 fully saturated rings. The van der Waals surface area contributed by atoms with Crippen LogP contribution in [0.1, 0.15) is 35.2 Å². The van der Waals surface area contributed by atoms with Crippen LogP contribution in [0.25, 0.3) is 0 Å². The van der Waals surface area contributed by atoms with Crippen LogP contribution in [0, 0.1) is 0 Å². The molecule has 0 spiro atoms. The molecule has 0 radical (unpaired) electrons. The second-order valence-corrected chi connectivity index (χ2v) is 8.76. The molecule has 1 saturated heterocycles. The Labute approximate surface area is 172 Å². The fraction of sp³-hybridized carbons (Fsp3) is 0.350. The number of alkyl halides is 3. The van der Waals surface area contributed by atoms with Crippen LogP contribution in [0.3, 0.4) is 0 Å². The number of rotatable bonds is 5. The molecule has 1 N–H and O–H groups in total. The van der Waals surface area contributed by atoms with Crippen LogP contribution in [0.4, 0.5) is 18.9 Å². The average Bonchev–Trinajstić information content (AvgIpc) is 2.73. The topological polar surface area (TPSA) is 75.7 Å². The van der Waals surface area contributed by atoms with Crippen molar-refractivity contribution in [2.75, 3.05) is 25.5 Å². The first-order valence-electron chi connectivity index (χ1n) is 9.30. The van der Waals surface area contributed by atoms with Crippen LogP contribution < -0.4 is 10.1 Å². The largest absolute Gasteiger partial charge is 0.495 e. The summed E-state index contributed by atoms with van der Waals surface area (Å²) in [6, 6.07) is 8.29. The molecule has 3 rings (SSSR count). The van der Waals surface area contributed by atoms with Crippen molar-refractivity contribution in [3.63, 3.8) is 0 Å².